The van der Waals surface area contributed by atoms with Crippen LogP contribution in [0.3, 0.4) is 0 Å². The van der Waals surface area contributed by atoms with Crippen molar-refractivity contribution in [2.45, 2.75) is 85.2 Å². The molecule has 4 heteroatoms. The summed E-state index contributed by atoms with van der Waals surface area (Å²) in [5.74, 6) is 0. The summed E-state index contributed by atoms with van der Waals surface area (Å²) in [4.78, 5) is 0. The maximum Gasteiger partial charge on any atom is 0.412 e. The Labute approximate surface area is 142 Å². The van der Waals surface area contributed by atoms with E-state index in [2.05, 4.69) is 27.7 Å². The zero-order chi connectivity index (χ0) is 16.8. The van der Waals surface area contributed by atoms with Crippen LogP contribution >= 0.6 is 0 Å². The van der Waals surface area contributed by atoms with Gasteiger partial charge in [0.1, 0.15) is 0 Å². The zero-order valence-electron chi connectivity index (χ0n) is 15.6. The lowest BCUT2D eigenvalue weighted by molar-refractivity contribution is -0.548. The fourth-order valence-corrected chi connectivity index (χ4v) is 3.45. The van der Waals surface area contributed by atoms with Gasteiger partial charge in [-0.05, 0) is 25.7 Å². The Morgan fingerprint density at radius 3 is 1.22 bits per heavy atom. The van der Waals surface area contributed by atoms with Crippen molar-refractivity contribution >= 4 is 0 Å². The lowest BCUT2D eigenvalue weighted by atomic mass is 9.81. The van der Waals surface area contributed by atoms with E-state index >= 15 is 0 Å². The van der Waals surface area contributed by atoms with Gasteiger partial charge in [0, 0.05) is 10.8 Å². The molecule has 0 N–H and O–H groups in total. The second-order valence-corrected chi connectivity index (χ2v) is 7.57. The van der Waals surface area contributed by atoms with E-state index in [1.165, 1.54) is 25.7 Å². The molecular formula is C19H36O4. The Hall–Kier alpha value is -0.160. The Kier molecular flexibility index (Phi) is 6.90. The van der Waals surface area contributed by atoms with Crippen LogP contribution in [0.5, 0.6) is 0 Å². The molecular weight excluding hydrogens is 292 g/mol. The van der Waals surface area contributed by atoms with Gasteiger partial charge in [0.2, 0.25) is 0 Å². The van der Waals surface area contributed by atoms with Crippen molar-refractivity contribution in [2.75, 3.05) is 26.4 Å². The normalized spacial score (nSPS) is 38.1. The van der Waals surface area contributed by atoms with Gasteiger partial charge in [-0.1, -0.05) is 53.4 Å². The van der Waals surface area contributed by atoms with Gasteiger partial charge >= 0.3 is 6.16 Å². The first kappa shape index (κ1) is 19.2. The molecule has 0 atom stereocenters. The summed E-state index contributed by atoms with van der Waals surface area (Å²) < 4.78 is 23.9. The molecule has 0 aromatic carbocycles. The minimum atomic E-state index is -1.24. The van der Waals surface area contributed by atoms with Crippen molar-refractivity contribution in [2.24, 2.45) is 10.8 Å². The first-order valence-electron chi connectivity index (χ1n) is 9.63. The number of unbranched alkanes of at least 4 members (excludes halogenated alkanes) is 2. The van der Waals surface area contributed by atoms with E-state index in [9.17, 15) is 0 Å². The van der Waals surface area contributed by atoms with Gasteiger partial charge in [-0.3, -0.25) is 0 Å². The molecule has 4 nitrogen and oxygen atoms in total. The highest BCUT2D eigenvalue weighted by Crippen LogP contribution is 2.43. The van der Waals surface area contributed by atoms with Crippen LogP contribution in [0.2, 0.25) is 0 Å². The molecule has 0 aromatic heterocycles. The van der Waals surface area contributed by atoms with Crippen LogP contribution in [-0.2, 0) is 18.9 Å². The van der Waals surface area contributed by atoms with E-state index < -0.39 is 6.16 Å². The Bertz CT molecular complexity index is 302. The molecule has 2 rings (SSSR count). The van der Waals surface area contributed by atoms with Crippen molar-refractivity contribution in [3.8, 4) is 0 Å². The maximum absolute atomic E-state index is 5.99. The molecule has 2 heterocycles. The molecule has 2 fully saturated rings. The van der Waals surface area contributed by atoms with Crippen molar-refractivity contribution < 1.29 is 18.9 Å². The molecule has 2 saturated heterocycles. The minimum Gasteiger partial charge on any atom is -0.303 e. The summed E-state index contributed by atoms with van der Waals surface area (Å²) in [5, 5.41) is 0. The molecule has 23 heavy (non-hydrogen) atoms. The van der Waals surface area contributed by atoms with E-state index in [4.69, 9.17) is 18.9 Å². The molecule has 2 aliphatic heterocycles. The quantitative estimate of drug-likeness (QED) is 0.637. The molecule has 1 spiro atoms. The topological polar surface area (TPSA) is 36.9 Å². The van der Waals surface area contributed by atoms with Crippen LogP contribution < -0.4 is 0 Å². The van der Waals surface area contributed by atoms with Gasteiger partial charge in [0.15, 0.2) is 0 Å². The van der Waals surface area contributed by atoms with Crippen LogP contribution in [0, 0.1) is 10.8 Å². The fraction of sp³-hybridized carbons (Fsp3) is 1.00. The SMILES string of the molecule is CCCCC1(CC)COC2(OC1)OCC(CC)(CCCC)CO2. The summed E-state index contributed by atoms with van der Waals surface area (Å²) >= 11 is 0. The molecule has 2 aliphatic rings. The first-order chi connectivity index (χ1) is 11.1. The van der Waals surface area contributed by atoms with E-state index in [1.54, 1.807) is 0 Å². The van der Waals surface area contributed by atoms with Crippen molar-refractivity contribution in [1.29, 1.82) is 0 Å². The third-order valence-corrected chi connectivity index (χ3v) is 5.84. The highest BCUT2D eigenvalue weighted by molar-refractivity contribution is 4.84. The van der Waals surface area contributed by atoms with Crippen molar-refractivity contribution in [3.63, 3.8) is 0 Å². The standard InChI is InChI=1S/C19H36O4/c1-5-9-11-17(7-3)13-20-19(21-14-17)22-15-18(8-4,16-23-19)12-10-6-2/h5-16H2,1-4H3. The number of ether oxygens (including phenoxy) is 4. The molecule has 0 saturated carbocycles. The molecule has 0 bridgehead atoms. The van der Waals surface area contributed by atoms with E-state index in [-0.39, 0.29) is 10.8 Å². The predicted molar refractivity (Wildman–Crippen MR) is 91.0 cm³/mol. The summed E-state index contributed by atoms with van der Waals surface area (Å²) in [5.41, 5.74) is 0.241. The summed E-state index contributed by atoms with van der Waals surface area (Å²) in [6.07, 6.45) is 8.02. The summed E-state index contributed by atoms with van der Waals surface area (Å²) in [6, 6.07) is 0. The van der Waals surface area contributed by atoms with Crippen LogP contribution in [-0.4, -0.2) is 32.6 Å². The third kappa shape index (κ3) is 4.47. The van der Waals surface area contributed by atoms with Crippen LogP contribution in [0.1, 0.15) is 79.1 Å². The molecule has 136 valence electrons. The lowest BCUT2D eigenvalue weighted by Gasteiger charge is -2.49. The molecule has 0 aromatic rings. The number of rotatable bonds is 8. The minimum absolute atomic E-state index is 0.121. The summed E-state index contributed by atoms with van der Waals surface area (Å²) in [6.45, 7) is 11.5. The first-order valence-corrected chi connectivity index (χ1v) is 9.63. The maximum atomic E-state index is 5.99. The van der Waals surface area contributed by atoms with Gasteiger partial charge in [-0.2, -0.15) is 0 Å². The second-order valence-electron chi connectivity index (χ2n) is 7.57. The van der Waals surface area contributed by atoms with Gasteiger partial charge in [0.25, 0.3) is 0 Å². The monoisotopic (exact) mass is 328 g/mol. The van der Waals surface area contributed by atoms with Crippen LogP contribution in [0.4, 0.5) is 0 Å². The van der Waals surface area contributed by atoms with E-state index in [0.29, 0.717) is 26.4 Å². The van der Waals surface area contributed by atoms with Crippen LogP contribution in [0.25, 0.3) is 0 Å². The van der Waals surface area contributed by atoms with E-state index in [1.807, 2.05) is 0 Å². The smallest absolute Gasteiger partial charge is 0.303 e. The molecule has 0 radical (unpaired) electrons. The van der Waals surface area contributed by atoms with E-state index in [0.717, 1.165) is 25.7 Å². The average molecular weight is 328 g/mol. The Morgan fingerprint density at radius 2 is 0.957 bits per heavy atom. The number of hydrogen-bond acceptors (Lipinski definition) is 4. The lowest BCUT2D eigenvalue weighted by Crippen LogP contribution is -2.58. The largest absolute Gasteiger partial charge is 0.412 e. The number of hydrogen-bond donors (Lipinski definition) is 0. The second kappa shape index (κ2) is 8.28. The fourth-order valence-electron chi connectivity index (χ4n) is 3.45. The Morgan fingerprint density at radius 1 is 0.609 bits per heavy atom. The zero-order valence-corrected chi connectivity index (χ0v) is 15.6. The van der Waals surface area contributed by atoms with Gasteiger partial charge in [0.05, 0.1) is 26.4 Å². The summed E-state index contributed by atoms with van der Waals surface area (Å²) in [7, 11) is 0. The van der Waals surface area contributed by atoms with Gasteiger partial charge < -0.3 is 18.9 Å². The Balaban J connectivity index is 1.89. The van der Waals surface area contributed by atoms with Crippen LogP contribution in [0.15, 0.2) is 0 Å². The molecule has 0 aliphatic carbocycles. The van der Waals surface area contributed by atoms with Crippen molar-refractivity contribution in [1.82, 2.24) is 0 Å². The van der Waals surface area contributed by atoms with Gasteiger partial charge in [-0.15, -0.1) is 0 Å². The molecule has 0 amide bonds. The molecule has 0 unspecified atom stereocenters. The van der Waals surface area contributed by atoms with Gasteiger partial charge in [-0.25, -0.2) is 0 Å². The average Bonchev–Trinajstić information content (AvgIpc) is 2.62. The highest BCUT2D eigenvalue weighted by atomic mass is 17.0. The highest BCUT2D eigenvalue weighted by Gasteiger charge is 2.51. The third-order valence-electron chi connectivity index (χ3n) is 5.84. The van der Waals surface area contributed by atoms with Crippen molar-refractivity contribution in [3.05, 3.63) is 0 Å². The predicted octanol–water partition coefficient (Wildman–Crippen LogP) is 4.86.